The Morgan fingerprint density at radius 1 is 1.11 bits per heavy atom. The van der Waals surface area contributed by atoms with Crippen LogP contribution < -0.4 is 5.73 Å². The number of hydrogen-bond donors (Lipinski definition) is 1. The van der Waals surface area contributed by atoms with Crippen LogP contribution in [0.25, 0.3) is 5.69 Å². The molecule has 0 saturated heterocycles. The predicted octanol–water partition coefficient (Wildman–Crippen LogP) is 2.85. The van der Waals surface area contributed by atoms with Gasteiger partial charge in [0, 0.05) is 6.54 Å². The van der Waals surface area contributed by atoms with Crippen LogP contribution in [0.3, 0.4) is 0 Å². The molecule has 0 amide bonds. The molecule has 0 saturated carbocycles. The van der Waals surface area contributed by atoms with E-state index in [0.717, 1.165) is 17.8 Å². The van der Waals surface area contributed by atoms with Gasteiger partial charge in [0.15, 0.2) is 0 Å². The summed E-state index contributed by atoms with van der Waals surface area (Å²) in [6.45, 7) is 2.66. The maximum Gasteiger partial charge on any atom is 0.0967 e. The molecule has 0 aliphatic rings. The standard InChI is InChI=1S/C15H22N4/c1-2-3-4-5-6-13-7-9-15(10-8-13)19-12-14(11-16)17-18-19/h7-10,12H,2-6,11,16H2,1H3. The van der Waals surface area contributed by atoms with E-state index in [1.165, 1.54) is 31.2 Å². The first-order valence-corrected chi connectivity index (χ1v) is 7.04. The zero-order chi connectivity index (χ0) is 13.5. The lowest BCUT2D eigenvalue weighted by molar-refractivity contribution is 0.666. The molecule has 2 rings (SSSR count). The van der Waals surface area contributed by atoms with E-state index in [9.17, 15) is 0 Å². The van der Waals surface area contributed by atoms with E-state index < -0.39 is 0 Å². The number of aryl methyl sites for hydroxylation is 1. The van der Waals surface area contributed by atoms with Crippen molar-refractivity contribution in [3.05, 3.63) is 41.7 Å². The van der Waals surface area contributed by atoms with E-state index in [2.05, 4.69) is 41.5 Å². The van der Waals surface area contributed by atoms with E-state index in [4.69, 9.17) is 5.73 Å². The summed E-state index contributed by atoms with van der Waals surface area (Å²) in [4.78, 5) is 0. The SMILES string of the molecule is CCCCCCc1ccc(-n2cc(CN)nn2)cc1. The van der Waals surface area contributed by atoms with Crippen molar-refractivity contribution in [2.45, 2.75) is 45.6 Å². The fourth-order valence-electron chi connectivity index (χ4n) is 2.09. The Balaban J connectivity index is 1.94. The van der Waals surface area contributed by atoms with E-state index >= 15 is 0 Å². The lowest BCUT2D eigenvalue weighted by Crippen LogP contribution is -1.96. The molecule has 4 nitrogen and oxygen atoms in total. The molecule has 1 aromatic carbocycles. The predicted molar refractivity (Wildman–Crippen MR) is 77.1 cm³/mol. The van der Waals surface area contributed by atoms with Gasteiger partial charge in [-0.2, -0.15) is 0 Å². The highest BCUT2D eigenvalue weighted by Gasteiger charge is 2.01. The van der Waals surface area contributed by atoms with Gasteiger partial charge in [-0.05, 0) is 30.5 Å². The van der Waals surface area contributed by atoms with Crippen LogP contribution >= 0.6 is 0 Å². The molecule has 19 heavy (non-hydrogen) atoms. The van der Waals surface area contributed by atoms with Crippen LogP contribution in [0.5, 0.6) is 0 Å². The molecule has 1 aromatic heterocycles. The molecule has 1 heterocycles. The Morgan fingerprint density at radius 2 is 1.89 bits per heavy atom. The number of hydrogen-bond acceptors (Lipinski definition) is 3. The molecule has 0 unspecified atom stereocenters. The maximum absolute atomic E-state index is 5.53. The van der Waals surface area contributed by atoms with Gasteiger partial charge in [0.05, 0.1) is 17.6 Å². The first kappa shape index (κ1) is 13.7. The van der Waals surface area contributed by atoms with Gasteiger partial charge in [0.1, 0.15) is 0 Å². The summed E-state index contributed by atoms with van der Waals surface area (Å²) in [6.07, 6.45) is 8.24. The summed E-state index contributed by atoms with van der Waals surface area (Å²) < 4.78 is 1.77. The van der Waals surface area contributed by atoms with Gasteiger partial charge in [0.25, 0.3) is 0 Å². The van der Waals surface area contributed by atoms with E-state index in [1.54, 1.807) is 4.68 Å². The highest BCUT2D eigenvalue weighted by Crippen LogP contribution is 2.12. The lowest BCUT2D eigenvalue weighted by Gasteiger charge is -2.03. The number of benzene rings is 1. The van der Waals surface area contributed by atoms with Crippen LogP contribution in [-0.4, -0.2) is 15.0 Å². The van der Waals surface area contributed by atoms with E-state index in [0.29, 0.717) is 6.54 Å². The molecule has 0 spiro atoms. The number of aromatic nitrogens is 3. The van der Waals surface area contributed by atoms with Crippen molar-refractivity contribution in [1.29, 1.82) is 0 Å². The van der Waals surface area contributed by atoms with Gasteiger partial charge in [-0.25, -0.2) is 4.68 Å². The number of nitrogens with two attached hydrogens (primary N) is 1. The fraction of sp³-hybridized carbons (Fsp3) is 0.467. The number of nitrogens with zero attached hydrogens (tertiary/aromatic N) is 3. The highest BCUT2D eigenvalue weighted by molar-refractivity contribution is 5.33. The topological polar surface area (TPSA) is 56.7 Å². The van der Waals surface area contributed by atoms with E-state index in [1.807, 2.05) is 6.20 Å². The quantitative estimate of drug-likeness (QED) is 0.777. The Morgan fingerprint density at radius 3 is 2.53 bits per heavy atom. The molecular weight excluding hydrogens is 236 g/mol. The van der Waals surface area contributed by atoms with Crippen LogP contribution in [0.15, 0.2) is 30.5 Å². The molecular formula is C15H22N4. The van der Waals surface area contributed by atoms with Crippen molar-refractivity contribution in [2.24, 2.45) is 5.73 Å². The summed E-state index contributed by atoms with van der Waals surface area (Å²) in [5.41, 5.74) is 8.76. The molecule has 0 fully saturated rings. The molecule has 102 valence electrons. The molecule has 0 aliphatic carbocycles. The fourth-order valence-corrected chi connectivity index (χ4v) is 2.09. The molecule has 0 radical (unpaired) electrons. The second-order valence-corrected chi connectivity index (χ2v) is 4.84. The third-order valence-electron chi connectivity index (χ3n) is 3.27. The monoisotopic (exact) mass is 258 g/mol. The van der Waals surface area contributed by atoms with Gasteiger partial charge in [-0.3, -0.25) is 0 Å². The Kier molecular flexibility index (Phi) is 5.10. The van der Waals surface area contributed by atoms with Crippen molar-refractivity contribution in [3.8, 4) is 5.69 Å². The minimum atomic E-state index is 0.426. The molecule has 2 aromatic rings. The molecule has 0 atom stereocenters. The van der Waals surface area contributed by atoms with Crippen molar-refractivity contribution >= 4 is 0 Å². The maximum atomic E-state index is 5.53. The minimum absolute atomic E-state index is 0.426. The Bertz CT molecular complexity index is 487. The van der Waals surface area contributed by atoms with Crippen molar-refractivity contribution < 1.29 is 0 Å². The van der Waals surface area contributed by atoms with Gasteiger partial charge < -0.3 is 5.73 Å². The summed E-state index contributed by atoms with van der Waals surface area (Å²) in [7, 11) is 0. The average Bonchev–Trinajstić information content (AvgIpc) is 2.93. The summed E-state index contributed by atoms with van der Waals surface area (Å²) in [5, 5.41) is 8.05. The van der Waals surface area contributed by atoms with Gasteiger partial charge in [-0.15, -0.1) is 5.10 Å². The summed E-state index contributed by atoms with van der Waals surface area (Å²) >= 11 is 0. The second kappa shape index (κ2) is 7.04. The largest absolute Gasteiger partial charge is 0.325 e. The normalized spacial score (nSPS) is 10.8. The van der Waals surface area contributed by atoms with Crippen LogP contribution in [0.2, 0.25) is 0 Å². The zero-order valence-corrected chi connectivity index (χ0v) is 11.5. The third kappa shape index (κ3) is 3.89. The van der Waals surface area contributed by atoms with Crippen molar-refractivity contribution in [3.63, 3.8) is 0 Å². The van der Waals surface area contributed by atoms with E-state index in [-0.39, 0.29) is 0 Å². The average molecular weight is 258 g/mol. The van der Waals surface area contributed by atoms with Crippen molar-refractivity contribution in [1.82, 2.24) is 15.0 Å². The van der Waals surface area contributed by atoms with Crippen molar-refractivity contribution in [2.75, 3.05) is 0 Å². The van der Waals surface area contributed by atoms with Crippen LogP contribution in [-0.2, 0) is 13.0 Å². The zero-order valence-electron chi connectivity index (χ0n) is 11.5. The number of unbranched alkanes of at least 4 members (excludes halogenated alkanes) is 3. The number of rotatable bonds is 7. The molecule has 4 heteroatoms. The smallest absolute Gasteiger partial charge is 0.0967 e. The molecule has 0 bridgehead atoms. The molecule has 0 aliphatic heterocycles. The summed E-state index contributed by atoms with van der Waals surface area (Å²) in [6, 6.07) is 8.52. The van der Waals surface area contributed by atoms with Gasteiger partial charge >= 0.3 is 0 Å². The minimum Gasteiger partial charge on any atom is -0.325 e. The van der Waals surface area contributed by atoms with Crippen LogP contribution in [0.1, 0.15) is 43.9 Å². The van der Waals surface area contributed by atoms with Gasteiger partial charge in [0.2, 0.25) is 0 Å². The summed E-state index contributed by atoms with van der Waals surface area (Å²) in [5.74, 6) is 0. The third-order valence-corrected chi connectivity index (χ3v) is 3.27. The van der Waals surface area contributed by atoms with Crippen LogP contribution in [0, 0.1) is 0 Å². The Hall–Kier alpha value is -1.68. The van der Waals surface area contributed by atoms with Crippen LogP contribution in [0.4, 0.5) is 0 Å². The second-order valence-electron chi connectivity index (χ2n) is 4.84. The molecule has 2 N–H and O–H groups in total. The van der Waals surface area contributed by atoms with Gasteiger partial charge in [-0.1, -0.05) is 43.5 Å². The Labute approximate surface area is 114 Å². The highest BCUT2D eigenvalue weighted by atomic mass is 15.4. The first-order chi connectivity index (χ1) is 9.33. The first-order valence-electron chi connectivity index (χ1n) is 7.04. The lowest BCUT2D eigenvalue weighted by atomic mass is 10.1.